The smallest absolute Gasteiger partial charge is 0.251 e. The van der Waals surface area contributed by atoms with Gasteiger partial charge in [-0.3, -0.25) is 14.5 Å². The molecule has 3 aromatic rings. The van der Waals surface area contributed by atoms with Crippen LogP contribution in [0, 0.1) is 5.92 Å². The van der Waals surface area contributed by atoms with Crippen LogP contribution in [0.5, 0.6) is 5.75 Å². The molecule has 4 heterocycles. The topological polar surface area (TPSA) is 133 Å². The number of nitrogens with one attached hydrogen (secondary N) is 2. The van der Waals surface area contributed by atoms with Crippen LogP contribution in [0.1, 0.15) is 41.1 Å². The summed E-state index contributed by atoms with van der Waals surface area (Å²) in [6, 6.07) is 9.52. The van der Waals surface area contributed by atoms with E-state index >= 15 is 0 Å². The number of aliphatic hydroxyl groups excluding tert-OH is 1. The van der Waals surface area contributed by atoms with Gasteiger partial charge in [0.1, 0.15) is 18.2 Å². The lowest BCUT2D eigenvalue weighted by Crippen LogP contribution is -2.58. The van der Waals surface area contributed by atoms with Crippen LogP contribution in [0.25, 0.3) is 0 Å². The van der Waals surface area contributed by atoms with Gasteiger partial charge in [-0.15, -0.1) is 0 Å². The van der Waals surface area contributed by atoms with Gasteiger partial charge in [0.25, 0.3) is 5.91 Å². The Kier molecular flexibility index (Phi) is 10.2. The van der Waals surface area contributed by atoms with Crippen molar-refractivity contribution in [3.8, 4) is 5.75 Å². The van der Waals surface area contributed by atoms with E-state index in [1.165, 1.54) is 17.5 Å². The maximum atomic E-state index is 12.7. The molecule has 1 aromatic carbocycles. The predicted octanol–water partition coefficient (Wildman–Crippen LogP) is 2.19. The number of anilines is 1. The van der Waals surface area contributed by atoms with Crippen LogP contribution in [0.15, 0.2) is 53.5 Å². The summed E-state index contributed by atoms with van der Waals surface area (Å²) in [4.78, 5) is 37.0. The molecule has 2 amide bonds. The number of fused-ring (bicyclic) bond motifs is 1. The molecule has 0 radical (unpaired) electrons. The van der Waals surface area contributed by atoms with Crippen molar-refractivity contribution in [2.45, 2.75) is 45.6 Å². The number of carbonyl (C=O) groups excluding carboxylic acids is 2. The summed E-state index contributed by atoms with van der Waals surface area (Å²) in [6.07, 6.45) is 4.76. The second kappa shape index (κ2) is 13.8. The number of oxazole rings is 1. The largest absolute Gasteiger partial charge is 0.486 e. The highest BCUT2D eigenvalue weighted by molar-refractivity contribution is 7.59. The Bertz CT molecular complexity index is 1310. The third-order valence-electron chi connectivity index (χ3n) is 7.16. The fourth-order valence-electron chi connectivity index (χ4n) is 4.95. The Labute approximate surface area is 246 Å². The minimum atomic E-state index is -0.700. The first kappa shape index (κ1) is 30.4. The molecule has 41 heavy (non-hydrogen) atoms. The molecule has 3 N–H and O–H groups in total. The summed E-state index contributed by atoms with van der Waals surface area (Å²) in [5.74, 6) is 1.91. The quantitative estimate of drug-likeness (QED) is 0.311. The number of carbonyl (C=O) groups is 2. The van der Waals surface area contributed by atoms with Crippen molar-refractivity contribution in [3.05, 3.63) is 71.6 Å². The SMILES string of the molecule is CC(C)C(=O)N1CC(Nc2cc(C(=O)NC[C@H](O)CN3CCc4cc(OCc5cnco5)ccc4C3)ccn2)C1.S. The molecule has 1 fully saturated rings. The van der Waals surface area contributed by atoms with Crippen LogP contribution in [-0.2, 0) is 24.4 Å². The number of aliphatic hydroxyl groups is 1. The van der Waals surface area contributed by atoms with Crippen molar-refractivity contribution in [3.63, 3.8) is 0 Å². The van der Waals surface area contributed by atoms with E-state index in [0.29, 0.717) is 43.4 Å². The predicted molar refractivity (Wildman–Crippen MR) is 158 cm³/mol. The van der Waals surface area contributed by atoms with Gasteiger partial charge >= 0.3 is 0 Å². The molecule has 2 aliphatic rings. The lowest BCUT2D eigenvalue weighted by Gasteiger charge is -2.40. The molecule has 0 bridgehead atoms. The third kappa shape index (κ3) is 7.99. The first-order valence-electron chi connectivity index (χ1n) is 13.7. The van der Waals surface area contributed by atoms with E-state index in [1.54, 1.807) is 24.5 Å². The summed E-state index contributed by atoms with van der Waals surface area (Å²) in [5, 5.41) is 16.7. The molecule has 0 unspecified atom stereocenters. The second-order valence-corrected chi connectivity index (χ2v) is 10.7. The van der Waals surface area contributed by atoms with Crippen molar-refractivity contribution in [1.29, 1.82) is 0 Å². The van der Waals surface area contributed by atoms with Gasteiger partial charge in [0.2, 0.25) is 5.91 Å². The molecule has 2 aliphatic heterocycles. The summed E-state index contributed by atoms with van der Waals surface area (Å²) >= 11 is 0. The van der Waals surface area contributed by atoms with Crippen LogP contribution in [0.2, 0.25) is 0 Å². The molecular formula is C29H38N6O5S. The molecule has 220 valence electrons. The fourth-order valence-corrected chi connectivity index (χ4v) is 4.95. The van der Waals surface area contributed by atoms with Gasteiger partial charge in [0.05, 0.1) is 18.3 Å². The molecule has 0 saturated carbocycles. The van der Waals surface area contributed by atoms with Crippen LogP contribution in [0.4, 0.5) is 5.82 Å². The molecule has 2 aromatic heterocycles. The van der Waals surface area contributed by atoms with E-state index in [2.05, 4.69) is 37.6 Å². The zero-order valence-electron chi connectivity index (χ0n) is 23.4. The van der Waals surface area contributed by atoms with E-state index in [-0.39, 0.29) is 43.8 Å². The minimum Gasteiger partial charge on any atom is -0.486 e. The average molecular weight is 583 g/mol. The van der Waals surface area contributed by atoms with Crippen molar-refractivity contribution >= 4 is 31.1 Å². The number of hydrogen-bond donors (Lipinski definition) is 3. The molecule has 12 heteroatoms. The van der Waals surface area contributed by atoms with Crippen LogP contribution in [-0.4, -0.2) is 81.6 Å². The number of hydrogen-bond acceptors (Lipinski definition) is 9. The van der Waals surface area contributed by atoms with E-state index < -0.39 is 6.10 Å². The van der Waals surface area contributed by atoms with Gasteiger partial charge in [0, 0.05) is 56.9 Å². The molecular weight excluding hydrogens is 544 g/mol. The Balaban J connectivity index is 0.00000387. The standard InChI is InChI=1S/C29H36N6O5.H2S/c1-19(2)29(38)35-14-23(15-35)33-27-10-21(5-7-31-27)28(37)32-11-24(36)16-34-8-6-20-9-25(4-3-22(20)13-34)39-17-26-12-30-18-40-26;/h3-5,7,9-10,12,18-19,23-24,36H,6,8,11,13-17H2,1-2H3,(H,31,33)(H,32,37);1H2/t24-;/m0./s1. The van der Waals surface area contributed by atoms with E-state index in [4.69, 9.17) is 9.15 Å². The van der Waals surface area contributed by atoms with Crippen molar-refractivity contribution in [2.24, 2.45) is 5.92 Å². The Hall–Kier alpha value is -3.61. The average Bonchev–Trinajstić information content (AvgIpc) is 3.46. The summed E-state index contributed by atoms with van der Waals surface area (Å²) in [6.45, 7) is 7.51. The summed E-state index contributed by atoms with van der Waals surface area (Å²) in [5.41, 5.74) is 2.90. The highest BCUT2D eigenvalue weighted by Gasteiger charge is 2.31. The monoisotopic (exact) mass is 582 g/mol. The molecule has 1 atom stereocenters. The number of rotatable bonds is 11. The zero-order chi connectivity index (χ0) is 28.1. The van der Waals surface area contributed by atoms with Crippen molar-refractivity contribution in [1.82, 2.24) is 25.1 Å². The van der Waals surface area contributed by atoms with Gasteiger partial charge in [-0.05, 0) is 41.8 Å². The first-order valence-corrected chi connectivity index (χ1v) is 13.7. The molecule has 11 nitrogen and oxygen atoms in total. The number of likely N-dealkylation sites (tertiary alicyclic amines) is 1. The fraction of sp³-hybridized carbons (Fsp3) is 0.448. The minimum absolute atomic E-state index is 0. The number of amides is 2. The van der Waals surface area contributed by atoms with Gasteiger partial charge in [-0.25, -0.2) is 9.97 Å². The van der Waals surface area contributed by atoms with Gasteiger partial charge in [-0.2, -0.15) is 13.5 Å². The third-order valence-corrected chi connectivity index (χ3v) is 7.16. The molecule has 0 aliphatic carbocycles. The van der Waals surface area contributed by atoms with E-state index in [1.807, 2.05) is 24.8 Å². The number of β-amino-alcohol motifs (C(OH)–C–C–N with tert-alkyl or cyclic N) is 1. The second-order valence-electron chi connectivity index (χ2n) is 10.7. The molecule has 5 rings (SSSR count). The van der Waals surface area contributed by atoms with Crippen LogP contribution in [0.3, 0.4) is 0 Å². The van der Waals surface area contributed by atoms with Crippen LogP contribution >= 0.6 is 13.5 Å². The molecule has 0 spiro atoms. The van der Waals surface area contributed by atoms with Gasteiger partial charge in [0.15, 0.2) is 12.2 Å². The Morgan fingerprint density at radius 3 is 2.78 bits per heavy atom. The maximum Gasteiger partial charge on any atom is 0.251 e. The number of pyridine rings is 1. The van der Waals surface area contributed by atoms with E-state index in [9.17, 15) is 14.7 Å². The van der Waals surface area contributed by atoms with Crippen LogP contribution < -0.4 is 15.4 Å². The zero-order valence-corrected chi connectivity index (χ0v) is 24.4. The number of nitrogens with zero attached hydrogens (tertiary/aromatic N) is 4. The van der Waals surface area contributed by atoms with E-state index in [0.717, 1.165) is 25.3 Å². The first-order chi connectivity index (χ1) is 19.3. The lowest BCUT2D eigenvalue weighted by molar-refractivity contribution is -0.138. The maximum absolute atomic E-state index is 12.7. The Morgan fingerprint density at radius 1 is 1.20 bits per heavy atom. The van der Waals surface area contributed by atoms with Gasteiger partial charge in [-0.1, -0.05) is 19.9 Å². The van der Waals surface area contributed by atoms with Gasteiger partial charge < -0.3 is 29.8 Å². The summed E-state index contributed by atoms with van der Waals surface area (Å²) in [7, 11) is 0. The lowest BCUT2D eigenvalue weighted by atomic mass is 9.99. The highest BCUT2D eigenvalue weighted by atomic mass is 32.1. The number of benzene rings is 1. The normalized spacial score (nSPS) is 15.9. The number of aromatic nitrogens is 2. The Morgan fingerprint density at radius 2 is 2.02 bits per heavy atom. The number of ether oxygens (including phenoxy) is 1. The highest BCUT2D eigenvalue weighted by Crippen LogP contribution is 2.25. The molecule has 1 saturated heterocycles. The van der Waals surface area contributed by atoms with Crippen molar-refractivity contribution in [2.75, 3.05) is 38.0 Å². The summed E-state index contributed by atoms with van der Waals surface area (Å²) < 4.78 is 11.0. The van der Waals surface area contributed by atoms with Crippen molar-refractivity contribution < 1.29 is 23.8 Å².